The average molecular weight is 524 g/mol. The van der Waals surface area contributed by atoms with Gasteiger partial charge in [0.15, 0.2) is 0 Å². The third kappa shape index (κ3) is 9.19. The van der Waals surface area contributed by atoms with Crippen LogP contribution in [0.25, 0.3) is 0 Å². The second-order valence-electron chi connectivity index (χ2n) is 12.2. The maximum absolute atomic E-state index is 14.3. The molecule has 3 amide bonds. The molecule has 7 nitrogen and oxygen atoms in total. The molecule has 2 unspecified atom stereocenters. The number of carbonyl (C=O) groups is 3. The van der Waals surface area contributed by atoms with Crippen molar-refractivity contribution >= 4 is 17.9 Å². The molecule has 0 bridgehead atoms. The van der Waals surface area contributed by atoms with Gasteiger partial charge in [-0.3, -0.25) is 9.59 Å². The second kappa shape index (κ2) is 12.5. The molecule has 0 saturated carbocycles. The van der Waals surface area contributed by atoms with Crippen LogP contribution in [0.3, 0.4) is 0 Å². The zero-order valence-corrected chi connectivity index (χ0v) is 24.6. The van der Waals surface area contributed by atoms with Crippen molar-refractivity contribution in [3.05, 3.63) is 70.8 Å². The van der Waals surface area contributed by atoms with Crippen LogP contribution in [0.15, 0.2) is 48.5 Å². The number of nitrogens with one attached hydrogen (secondary N) is 2. The van der Waals surface area contributed by atoms with Crippen molar-refractivity contribution in [2.45, 2.75) is 105 Å². The van der Waals surface area contributed by atoms with Gasteiger partial charge >= 0.3 is 6.09 Å². The average Bonchev–Trinajstić information content (AvgIpc) is 2.76. The molecular formula is C31H45N3O4. The van der Waals surface area contributed by atoms with Gasteiger partial charge in [-0.25, -0.2) is 4.79 Å². The predicted molar refractivity (Wildman–Crippen MR) is 152 cm³/mol. The highest BCUT2D eigenvalue weighted by Gasteiger charge is 2.38. The van der Waals surface area contributed by atoms with E-state index in [1.165, 1.54) is 0 Å². The fourth-order valence-electron chi connectivity index (χ4n) is 4.17. The van der Waals surface area contributed by atoms with Crippen molar-refractivity contribution in [2.24, 2.45) is 0 Å². The van der Waals surface area contributed by atoms with E-state index in [2.05, 4.69) is 10.6 Å². The minimum atomic E-state index is -0.939. The molecule has 0 aliphatic rings. The molecule has 7 heteroatoms. The Morgan fingerprint density at radius 1 is 0.895 bits per heavy atom. The first-order valence-electron chi connectivity index (χ1n) is 13.2. The highest BCUT2D eigenvalue weighted by Crippen LogP contribution is 2.28. The maximum atomic E-state index is 14.3. The van der Waals surface area contributed by atoms with Crippen LogP contribution in [0.5, 0.6) is 0 Å². The summed E-state index contributed by atoms with van der Waals surface area (Å²) in [5.41, 5.74) is 2.50. The summed E-state index contributed by atoms with van der Waals surface area (Å²) in [6, 6.07) is 13.1. The molecule has 2 aromatic rings. The van der Waals surface area contributed by atoms with Gasteiger partial charge in [0.1, 0.15) is 17.7 Å². The van der Waals surface area contributed by atoms with E-state index in [1.54, 1.807) is 25.7 Å². The van der Waals surface area contributed by atoms with Crippen molar-refractivity contribution in [1.29, 1.82) is 0 Å². The van der Waals surface area contributed by atoms with Gasteiger partial charge in [0, 0.05) is 18.0 Å². The molecule has 0 spiro atoms. The van der Waals surface area contributed by atoms with E-state index >= 15 is 0 Å². The number of hydrogen-bond acceptors (Lipinski definition) is 4. The van der Waals surface area contributed by atoms with Crippen molar-refractivity contribution in [3.8, 4) is 0 Å². The Kier molecular flexibility index (Phi) is 10.1. The largest absolute Gasteiger partial charge is 0.444 e. The molecule has 0 saturated heterocycles. The first-order chi connectivity index (χ1) is 17.5. The lowest BCUT2D eigenvalue weighted by Gasteiger charge is -2.38. The number of carbonyl (C=O) groups excluding carboxylic acids is 3. The summed E-state index contributed by atoms with van der Waals surface area (Å²) in [5, 5.41) is 5.84. The van der Waals surface area contributed by atoms with E-state index < -0.39 is 29.3 Å². The third-order valence-corrected chi connectivity index (χ3v) is 5.95. The predicted octanol–water partition coefficient (Wildman–Crippen LogP) is 5.63. The Bertz CT molecular complexity index is 1110. The molecule has 0 radical (unpaired) electrons. The number of alkyl carbamates (subject to hydrolysis) is 1. The normalized spacial score (nSPS) is 13.4. The van der Waals surface area contributed by atoms with Crippen LogP contribution in [0.1, 0.15) is 83.7 Å². The Hall–Kier alpha value is -3.35. The van der Waals surface area contributed by atoms with Crippen LogP contribution in [-0.2, 0) is 20.7 Å². The number of ether oxygens (including phenoxy) is 1. The first kappa shape index (κ1) is 30.9. The summed E-state index contributed by atoms with van der Waals surface area (Å²) in [5.74, 6) is -0.638. The highest BCUT2D eigenvalue weighted by atomic mass is 16.6. The van der Waals surface area contributed by atoms with Gasteiger partial charge in [-0.2, -0.15) is 0 Å². The molecule has 0 aliphatic heterocycles. The fraction of sp³-hybridized carbons (Fsp3) is 0.516. The smallest absolute Gasteiger partial charge is 0.408 e. The van der Waals surface area contributed by atoms with E-state index in [-0.39, 0.29) is 24.3 Å². The summed E-state index contributed by atoms with van der Waals surface area (Å²) < 4.78 is 5.48. The molecule has 38 heavy (non-hydrogen) atoms. The Morgan fingerprint density at radius 2 is 1.50 bits per heavy atom. The van der Waals surface area contributed by atoms with Gasteiger partial charge in [0.05, 0.1) is 0 Å². The number of nitrogens with zero attached hydrogens (tertiary/aromatic N) is 1. The molecule has 2 rings (SSSR count). The van der Waals surface area contributed by atoms with Gasteiger partial charge in [0.25, 0.3) is 0 Å². The summed E-state index contributed by atoms with van der Waals surface area (Å²) >= 11 is 0. The monoisotopic (exact) mass is 523 g/mol. The van der Waals surface area contributed by atoms with Gasteiger partial charge in [-0.15, -0.1) is 0 Å². The van der Waals surface area contributed by atoms with E-state index in [0.29, 0.717) is 5.56 Å². The van der Waals surface area contributed by atoms with Gasteiger partial charge in [-0.1, -0.05) is 48.5 Å². The lowest BCUT2D eigenvalue weighted by molar-refractivity contribution is -0.145. The van der Waals surface area contributed by atoms with Crippen molar-refractivity contribution in [3.63, 3.8) is 0 Å². The molecule has 0 fully saturated rings. The van der Waals surface area contributed by atoms with E-state index in [1.807, 2.05) is 97.0 Å². The number of aryl methyl sites for hydroxylation is 2. The van der Waals surface area contributed by atoms with E-state index in [0.717, 1.165) is 16.7 Å². The number of hydrogen-bond donors (Lipinski definition) is 2. The topological polar surface area (TPSA) is 87.7 Å². The lowest BCUT2D eigenvalue weighted by atomic mass is 9.95. The van der Waals surface area contributed by atoms with Gasteiger partial charge in [0.2, 0.25) is 11.8 Å². The van der Waals surface area contributed by atoms with Crippen molar-refractivity contribution in [1.82, 2.24) is 15.5 Å². The lowest BCUT2D eigenvalue weighted by Crippen LogP contribution is -2.57. The van der Waals surface area contributed by atoms with Crippen LogP contribution in [0.2, 0.25) is 0 Å². The molecule has 0 aromatic heterocycles. The SMILES string of the molecule is Cc1ccc(C(C(=O)NC(C)(C)C)N(C(=O)C(Cc2ccccc2)NC(=O)OC(C)(C)C)C(C)C)cc1C. The van der Waals surface area contributed by atoms with Crippen LogP contribution in [0.4, 0.5) is 4.79 Å². The number of benzene rings is 2. The van der Waals surface area contributed by atoms with Crippen molar-refractivity contribution < 1.29 is 19.1 Å². The van der Waals surface area contributed by atoms with Gasteiger partial charge < -0.3 is 20.3 Å². The molecular weight excluding hydrogens is 478 g/mol. The Balaban J connectivity index is 2.58. The Labute approximate surface area is 228 Å². The summed E-state index contributed by atoms with van der Waals surface area (Å²) in [6.07, 6.45) is -0.430. The second-order valence-corrected chi connectivity index (χ2v) is 12.2. The minimum absolute atomic E-state index is 0.253. The summed E-state index contributed by atoms with van der Waals surface area (Å²) in [7, 11) is 0. The minimum Gasteiger partial charge on any atom is -0.444 e. The van der Waals surface area contributed by atoms with Crippen LogP contribution < -0.4 is 10.6 Å². The van der Waals surface area contributed by atoms with E-state index in [9.17, 15) is 14.4 Å². The van der Waals surface area contributed by atoms with Crippen LogP contribution >= 0.6 is 0 Å². The zero-order chi connectivity index (χ0) is 28.8. The van der Waals surface area contributed by atoms with E-state index in [4.69, 9.17) is 4.74 Å². The number of amides is 3. The Morgan fingerprint density at radius 3 is 2.00 bits per heavy atom. The van der Waals surface area contributed by atoms with Gasteiger partial charge in [-0.05, 0) is 91.5 Å². The first-order valence-corrected chi connectivity index (χ1v) is 13.2. The van der Waals surface area contributed by atoms with Crippen molar-refractivity contribution in [2.75, 3.05) is 0 Å². The molecule has 208 valence electrons. The fourth-order valence-corrected chi connectivity index (χ4v) is 4.17. The standard InChI is InChI=1S/C31H45N3O4/c1-20(2)34(26(27(35)33-30(5,6)7)24-17-16-21(3)22(4)18-24)28(36)25(19-23-14-12-11-13-15-23)32-29(37)38-31(8,9)10/h11-18,20,25-26H,19H2,1-10H3,(H,32,37)(H,33,35). The molecule has 2 N–H and O–H groups in total. The number of rotatable bonds is 8. The van der Waals surface area contributed by atoms with Crippen LogP contribution in [0, 0.1) is 13.8 Å². The maximum Gasteiger partial charge on any atom is 0.408 e. The summed E-state index contributed by atoms with van der Waals surface area (Å²) in [6.45, 7) is 18.8. The summed E-state index contributed by atoms with van der Waals surface area (Å²) in [4.78, 5) is 42.5. The molecule has 2 atom stereocenters. The molecule has 2 aromatic carbocycles. The zero-order valence-electron chi connectivity index (χ0n) is 24.6. The highest BCUT2D eigenvalue weighted by molar-refractivity contribution is 5.92. The quantitative estimate of drug-likeness (QED) is 0.469. The molecule has 0 heterocycles. The third-order valence-electron chi connectivity index (χ3n) is 5.95. The van der Waals surface area contributed by atoms with Crippen LogP contribution in [-0.4, -0.2) is 46.0 Å². The molecule has 0 aliphatic carbocycles.